The maximum absolute atomic E-state index is 7.08. The number of hydrogen-bond acceptors (Lipinski definition) is 2. The highest BCUT2D eigenvalue weighted by atomic mass is 32.2. The number of rotatable bonds is 2. The molecule has 0 heterocycles. The molecule has 0 saturated carbocycles. The van der Waals surface area contributed by atoms with Crippen LogP contribution < -0.4 is 0 Å². The predicted molar refractivity (Wildman–Crippen MR) is 33.9 cm³/mol. The minimum Gasteiger partial charge on any atom is -0.271 e. The van der Waals surface area contributed by atoms with E-state index in [1.165, 1.54) is 0 Å². The second-order valence-electron chi connectivity index (χ2n) is 1.79. The Hall–Kier alpha value is -0.0500. The Morgan fingerprint density at radius 3 is 1.86 bits per heavy atom. The number of hydrogen-bond donors (Lipinski definition) is 2. The van der Waals surface area contributed by atoms with E-state index in [1.54, 1.807) is 6.26 Å². The first kappa shape index (κ1) is 6.95. The fourth-order valence-corrected chi connectivity index (χ4v) is 1.22. The molecular formula is C4H12N2S. The summed E-state index contributed by atoms with van der Waals surface area (Å²) < 4.78 is 14.2. The quantitative estimate of drug-likeness (QED) is 0.557. The minimum atomic E-state index is -1.67. The lowest BCUT2D eigenvalue weighted by atomic mass is 10.6. The lowest BCUT2D eigenvalue weighted by Crippen LogP contribution is -1.95. The predicted octanol–water partition coefficient (Wildman–Crippen LogP) is 1.70. The highest BCUT2D eigenvalue weighted by molar-refractivity contribution is 7.92. The molecule has 7 heavy (non-hydrogen) atoms. The SMILES string of the molecule is CCCS(C)(=N)=N. The van der Waals surface area contributed by atoms with Crippen molar-refractivity contribution in [3.05, 3.63) is 0 Å². The van der Waals surface area contributed by atoms with Crippen LogP contribution in [0.2, 0.25) is 0 Å². The van der Waals surface area contributed by atoms with E-state index in [4.69, 9.17) is 9.56 Å². The van der Waals surface area contributed by atoms with E-state index in [9.17, 15) is 0 Å². The highest BCUT2D eigenvalue weighted by Crippen LogP contribution is 1.87. The van der Waals surface area contributed by atoms with Crippen LogP contribution in [0.1, 0.15) is 13.3 Å². The molecule has 0 fully saturated rings. The highest BCUT2D eigenvalue weighted by Gasteiger charge is 1.85. The zero-order valence-electron chi connectivity index (χ0n) is 4.82. The van der Waals surface area contributed by atoms with Gasteiger partial charge in [-0.2, -0.15) is 0 Å². The second-order valence-corrected chi connectivity index (χ2v) is 4.38. The average molecular weight is 120 g/mol. The molecule has 0 atom stereocenters. The summed E-state index contributed by atoms with van der Waals surface area (Å²) in [5.41, 5.74) is 0. The van der Waals surface area contributed by atoms with Crippen LogP contribution in [0.3, 0.4) is 0 Å². The third-order valence-electron chi connectivity index (χ3n) is 0.612. The van der Waals surface area contributed by atoms with Crippen molar-refractivity contribution in [2.75, 3.05) is 12.0 Å². The summed E-state index contributed by atoms with van der Waals surface area (Å²) >= 11 is 0. The standard InChI is InChI=1S/C4H12N2S/c1-3-4-7(2,5)6/h5-6H,3-4H2,1-2H3. The van der Waals surface area contributed by atoms with Gasteiger partial charge in [-0.3, -0.25) is 9.56 Å². The van der Waals surface area contributed by atoms with E-state index >= 15 is 0 Å². The summed E-state index contributed by atoms with van der Waals surface area (Å²) in [5, 5.41) is 0. The lowest BCUT2D eigenvalue weighted by Gasteiger charge is -1.96. The number of nitrogens with one attached hydrogen (secondary N) is 2. The van der Waals surface area contributed by atoms with Crippen molar-refractivity contribution in [3.8, 4) is 0 Å². The molecular weight excluding hydrogens is 108 g/mol. The Labute approximate surface area is 45.3 Å². The molecule has 3 heteroatoms. The van der Waals surface area contributed by atoms with Crippen LogP contribution in [-0.4, -0.2) is 12.0 Å². The van der Waals surface area contributed by atoms with Crippen molar-refractivity contribution < 1.29 is 0 Å². The van der Waals surface area contributed by atoms with Crippen LogP contribution in [0, 0.1) is 9.56 Å². The molecule has 0 unspecified atom stereocenters. The zero-order valence-corrected chi connectivity index (χ0v) is 5.64. The Kier molecular flexibility index (Phi) is 2.29. The summed E-state index contributed by atoms with van der Waals surface area (Å²) in [5.74, 6) is 0.757. The molecule has 2 N–H and O–H groups in total. The molecule has 44 valence electrons. The zero-order chi connectivity index (χ0) is 5.91. The first-order valence-corrected chi connectivity index (χ1v) is 4.52. The van der Waals surface area contributed by atoms with Gasteiger partial charge in [0.05, 0.1) is 0 Å². The molecule has 0 aromatic heterocycles. The van der Waals surface area contributed by atoms with Crippen molar-refractivity contribution in [1.29, 1.82) is 9.56 Å². The van der Waals surface area contributed by atoms with Crippen molar-refractivity contribution in [2.45, 2.75) is 13.3 Å². The molecule has 0 bridgehead atoms. The van der Waals surface area contributed by atoms with Crippen LogP contribution in [0.25, 0.3) is 0 Å². The van der Waals surface area contributed by atoms with Gasteiger partial charge in [0.25, 0.3) is 0 Å². The molecule has 0 rings (SSSR count). The van der Waals surface area contributed by atoms with E-state index in [1.807, 2.05) is 6.92 Å². The van der Waals surface area contributed by atoms with Crippen LogP contribution in [-0.2, 0) is 9.62 Å². The first-order valence-electron chi connectivity index (χ1n) is 2.31. The molecule has 0 aliphatic carbocycles. The Morgan fingerprint density at radius 1 is 1.43 bits per heavy atom. The molecule has 0 saturated heterocycles. The summed E-state index contributed by atoms with van der Waals surface area (Å²) in [7, 11) is -1.67. The lowest BCUT2D eigenvalue weighted by molar-refractivity contribution is 1.09. The van der Waals surface area contributed by atoms with E-state index < -0.39 is 9.62 Å². The van der Waals surface area contributed by atoms with Gasteiger partial charge in [0.15, 0.2) is 0 Å². The Balaban J connectivity index is 3.60. The van der Waals surface area contributed by atoms with Gasteiger partial charge in [0.1, 0.15) is 0 Å². The molecule has 2 nitrogen and oxygen atoms in total. The minimum absolute atomic E-state index is 0.757. The van der Waals surface area contributed by atoms with Crippen molar-refractivity contribution in [3.63, 3.8) is 0 Å². The Morgan fingerprint density at radius 2 is 1.86 bits per heavy atom. The molecule has 0 amide bonds. The third-order valence-corrected chi connectivity index (χ3v) is 1.84. The Bertz CT molecular complexity index is 123. The van der Waals surface area contributed by atoms with Gasteiger partial charge >= 0.3 is 0 Å². The largest absolute Gasteiger partial charge is 0.271 e. The molecule has 0 aromatic rings. The van der Waals surface area contributed by atoms with Crippen LogP contribution in [0.4, 0.5) is 0 Å². The summed E-state index contributed by atoms with van der Waals surface area (Å²) in [4.78, 5) is 0. The van der Waals surface area contributed by atoms with Gasteiger partial charge in [-0.25, -0.2) is 0 Å². The topological polar surface area (TPSA) is 47.7 Å². The molecule has 0 spiro atoms. The summed E-state index contributed by atoms with van der Waals surface area (Å²) in [6.07, 6.45) is 2.66. The fourth-order valence-electron chi connectivity index (χ4n) is 0.408. The molecule has 0 aromatic carbocycles. The fraction of sp³-hybridized carbons (Fsp3) is 1.00. The molecule has 0 aliphatic heterocycles. The van der Waals surface area contributed by atoms with Gasteiger partial charge in [-0.15, -0.1) is 0 Å². The van der Waals surface area contributed by atoms with Gasteiger partial charge in [-0.1, -0.05) is 16.5 Å². The van der Waals surface area contributed by atoms with Crippen molar-refractivity contribution in [2.24, 2.45) is 0 Å². The molecule has 0 aliphatic rings. The van der Waals surface area contributed by atoms with Gasteiger partial charge in [0.2, 0.25) is 0 Å². The normalized spacial score (nSPS) is 11.7. The van der Waals surface area contributed by atoms with E-state index in [0.717, 1.165) is 12.2 Å². The monoisotopic (exact) mass is 120 g/mol. The first-order chi connectivity index (χ1) is 3.06. The van der Waals surface area contributed by atoms with Crippen molar-refractivity contribution in [1.82, 2.24) is 0 Å². The van der Waals surface area contributed by atoms with Crippen LogP contribution in [0.15, 0.2) is 0 Å². The van der Waals surface area contributed by atoms with Crippen LogP contribution in [0.5, 0.6) is 0 Å². The van der Waals surface area contributed by atoms with Gasteiger partial charge in [0, 0.05) is 12.0 Å². The molecule has 0 radical (unpaired) electrons. The maximum atomic E-state index is 7.08. The van der Waals surface area contributed by atoms with E-state index in [2.05, 4.69) is 0 Å². The van der Waals surface area contributed by atoms with Gasteiger partial charge in [-0.05, 0) is 6.42 Å². The second kappa shape index (κ2) is 2.31. The van der Waals surface area contributed by atoms with Gasteiger partial charge < -0.3 is 0 Å². The smallest absolute Gasteiger partial charge is 0.0125 e. The van der Waals surface area contributed by atoms with Crippen LogP contribution >= 0.6 is 0 Å². The summed E-state index contributed by atoms with van der Waals surface area (Å²) in [6.45, 7) is 2.01. The van der Waals surface area contributed by atoms with Crippen molar-refractivity contribution >= 4 is 9.62 Å². The van der Waals surface area contributed by atoms with E-state index in [-0.39, 0.29) is 0 Å². The van der Waals surface area contributed by atoms with E-state index in [0.29, 0.717) is 0 Å². The average Bonchev–Trinajstić information content (AvgIpc) is 1.30. The third kappa shape index (κ3) is 5.95. The maximum Gasteiger partial charge on any atom is 0.0125 e. The summed E-state index contributed by atoms with van der Waals surface area (Å²) in [6, 6.07) is 0.